The summed E-state index contributed by atoms with van der Waals surface area (Å²) in [6, 6.07) is 4.38. The summed E-state index contributed by atoms with van der Waals surface area (Å²) >= 11 is 1.86. The molecule has 0 atom stereocenters. The maximum Gasteiger partial charge on any atom is 0.323 e. The molecule has 0 unspecified atom stereocenters. The van der Waals surface area contributed by atoms with Crippen molar-refractivity contribution in [3.63, 3.8) is 0 Å². The van der Waals surface area contributed by atoms with Crippen LogP contribution in [0.4, 0.5) is 0 Å². The van der Waals surface area contributed by atoms with Gasteiger partial charge in [0.1, 0.15) is 6.54 Å². The van der Waals surface area contributed by atoms with Gasteiger partial charge < -0.3 is 10.0 Å². The molecule has 1 aromatic heterocycles. The summed E-state index contributed by atoms with van der Waals surface area (Å²) in [6.45, 7) is 5.67. The third-order valence-electron chi connectivity index (χ3n) is 5.17. The lowest BCUT2D eigenvalue weighted by Crippen LogP contribution is -2.52. The number of carboxylic acids is 1. The fourth-order valence-electron chi connectivity index (χ4n) is 3.79. The number of rotatable bonds is 4. The van der Waals surface area contributed by atoms with Crippen LogP contribution < -0.4 is 0 Å². The van der Waals surface area contributed by atoms with E-state index in [-0.39, 0.29) is 17.9 Å². The third-order valence-corrected chi connectivity index (χ3v) is 6.15. The number of carbonyl (C=O) groups excluding carboxylic acids is 1. The molecule has 1 aromatic rings. The zero-order valence-corrected chi connectivity index (χ0v) is 14.4. The van der Waals surface area contributed by atoms with Gasteiger partial charge in [0.25, 0.3) is 0 Å². The number of nitrogens with zero attached hydrogens (tertiary/aromatic N) is 2. The second-order valence-corrected chi connectivity index (χ2v) is 8.30. The summed E-state index contributed by atoms with van der Waals surface area (Å²) in [5, 5.41) is 8.98. The van der Waals surface area contributed by atoms with Gasteiger partial charge in [0, 0.05) is 29.3 Å². The quantitative estimate of drug-likeness (QED) is 0.917. The Labute approximate surface area is 140 Å². The molecule has 1 N–H and O–H groups in total. The third kappa shape index (κ3) is 3.93. The summed E-state index contributed by atoms with van der Waals surface area (Å²) < 4.78 is 0. The molecule has 2 fully saturated rings. The van der Waals surface area contributed by atoms with Crippen molar-refractivity contribution in [3.05, 3.63) is 21.9 Å². The standard InChI is InChI=1S/C17H24N2O3S/c1-13-2-3-14(23-13)10-18-8-6-17(7-9-18)5-4-15(20)19(12-17)11-16(21)22/h2-3H,4-12H2,1H3,(H,21,22). The second kappa shape index (κ2) is 6.61. The maximum absolute atomic E-state index is 11.9. The fourth-order valence-corrected chi connectivity index (χ4v) is 4.73. The van der Waals surface area contributed by atoms with Crippen LogP contribution >= 0.6 is 11.3 Å². The minimum absolute atomic E-state index is 0.00508. The lowest BCUT2D eigenvalue weighted by atomic mass is 9.72. The second-order valence-electron chi connectivity index (χ2n) is 6.93. The minimum atomic E-state index is -0.916. The van der Waals surface area contributed by atoms with Gasteiger partial charge in [-0.2, -0.15) is 0 Å². The molecule has 2 aliphatic rings. The lowest BCUT2D eigenvalue weighted by Gasteiger charge is -2.47. The van der Waals surface area contributed by atoms with Crippen LogP contribution in [0.1, 0.15) is 35.4 Å². The van der Waals surface area contributed by atoms with E-state index < -0.39 is 5.97 Å². The van der Waals surface area contributed by atoms with E-state index in [4.69, 9.17) is 5.11 Å². The molecule has 0 bridgehead atoms. The first-order valence-corrected chi connectivity index (χ1v) is 9.05. The summed E-state index contributed by atoms with van der Waals surface area (Å²) in [7, 11) is 0. The molecule has 0 aromatic carbocycles. The predicted molar refractivity (Wildman–Crippen MR) is 89.4 cm³/mol. The van der Waals surface area contributed by atoms with Gasteiger partial charge in [0.05, 0.1) is 0 Å². The number of likely N-dealkylation sites (tertiary alicyclic amines) is 2. The van der Waals surface area contributed by atoms with Crippen molar-refractivity contribution < 1.29 is 14.7 Å². The summed E-state index contributed by atoms with van der Waals surface area (Å²) in [4.78, 5) is 29.6. The predicted octanol–water partition coefficient (Wildman–Crippen LogP) is 2.35. The highest BCUT2D eigenvalue weighted by Crippen LogP contribution is 2.40. The largest absolute Gasteiger partial charge is 0.480 e. The van der Waals surface area contributed by atoms with E-state index in [1.54, 1.807) is 4.90 Å². The Hall–Kier alpha value is -1.40. The van der Waals surface area contributed by atoms with E-state index in [9.17, 15) is 9.59 Å². The highest BCUT2D eigenvalue weighted by Gasteiger charge is 2.41. The topological polar surface area (TPSA) is 60.9 Å². The zero-order chi connectivity index (χ0) is 16.4. The molecule has 0 radical (unpaired) electrons. The number of hydrogen-bond acceptors (Lipinski definition) is 4. The average molecular weight is 336 g/mol. The van der Waals surface area contributed by atoms with Crippen LogP contribution in [0.25, 0.3) is 0 Å². The Morgan fingerprint density at radius 2 is 2.04 bits per heavy atom. The number of carboxylic acid groups (broad SMARTS) is 1. The Morgan fingerprint density at radius 1 is 1.30 bits per heavy atom. The highest BCUT2D eigenvalue weighted by molar-refractivity contribution is 7.11. The molecule has 2 saturated heterocycles. The van der Waals surface area contributed by atoms with Crippen molar-refractivity contribution in [1.29, 1.82) is 0 Å². The Morgan fingerprint density at radius 3 is 2.65 bits per heavy atom. The van der Waals surface area contributed by atoms with Gasteiger partial charge in [-0.1, -0.05) is 0 Å². The molecule has 1 amide bonds. The first-order valence-electron chi connectivity index (χ1n) is 8.23. The molecule has 126 valence electrons. The van der Waals surface area contributed by atoms with Gasteiger partial charge in [0.15, 0.2) is 0 Å². The number of thiophene rings is 1. The van der Waals surface area contributed by atoms with Crippen LogP contribution in [-0.4, -0.2) is 53.0 Å². The molecule has 2 aliphatic heterocycles. The molecule has 23 heavy (non-hydrogen) atoms. The van der Waals surface area contributed by atoms with Crippen molar-refractivity contribution in [2.24, 2.45) is 5.41 Å². The number of amides is 1. The molecule has 3 rings (SSSR count). The first-order chi connectivity index (χ1) is 11.0. The summed E-state index contributed by atoms with van der Waals surface area (Å²) in [5.74, 6) is -0.921. The van der Waals surface area contributed by atoms with Gasteiger partial charge in [-0.3, -0.25) is 14.5 Å². The molecule has 3 heterocycles. The zero-order valence-electron chi connectivity index (χ0n) is 13.6. The number of aryl methyl sites for hydroxylation is 1. The minimum Gasteiger partial charge on any atom is -0.480 e. The fraction of sp³-hybridized carbons (Fsp3) is 0.647. The number of carbonyl (C=O) groups is 2. The van der Waals surface area contributed by atoms with Gasteiger partial charge in [0.2, 0.25) is 5.91 Å². The van der Waals surface area contributed by atoms with E-state index in [1.165, 1.54) is 9.75 Å². The molecule has 5 nitrogen and oxygen atoms in total. The molecular formula is C17H24N2O3S. The van der Waals surface area contributed by atoms with Crippen molar-refractivity contribution in [3.8, 4) is 0 Å². The lowest BCUT2D eigenvalue weighted by molar-refractivity contribution is -0.149. The van der Waals surface area contributed by atoms with E-state index in [2.05, 4.69) is 24.0 Å². The van der Waals surface area contributed by atoms with Crippen LogP contribution in [0.15, 0.2) is 12.1 Å². The Balaban J connectivity index is 1.56. The van der Waals surface area contributed by atoms with Gasteiger partial charge in [-0.25, -0.2) is 0 Å². The van der Waals surface area contributed by atoms with Crippen molar-refractivity contribution >= 4 is 23.2 Å². The van der Waals surface area contributed by atoms with Crippen LogP contribution in [0.2, 0.25) is 0 Å². The normalized spacial score (nSPS) is 21.8. The van der Waals surface area contributed by atoms with Gasteiger partial charge in [-0.05, 0) is 56.8 Å². The number of aliphatic carboxylic acids is 1. The summed E-state index contributed by atoms with van der Waals surface area (Å²) in [5.41, 5.74) is 0.130. The average Bonchev–Trinajstić information content (AvgIpc) is 2.91. The van der Waals surface area contributed by atoms with Gasteiger partial charge >= 0.3 is 5.97 Å². The Bertz CT molecular complexity index is 590. The van der Waals surface area contributed by atoms with E-state index in [1.807, 2.05) is 11.3 Å². The molecule has 0 saturated carbocycles. The monoisotopic (exact) mass is 336 g/mol. The highest BCUT2D eigenvalue weighted by atomic mass is 32.1. The number of piperidine rings is 2. The van der Waals surface area contributed by atoms with E-state index in [0.29, 0.717) is 13.0 Å². The van der Waals surface area contributed by atoms with Crippen LogP contribution in [0.5, 0.6) is 0 Å². The SMILES string of the molecule is Cc1ccc(CN2CCC3(CCC(=O)N(CC(=O)O)C3)CC2)s1. The molecule has 1 spiro atoms. The van der Waals surface area contributed by atoms with Crippen LogP contribution in [0, 0.1) is 12.3 Å². The maximum atomic E-state index is 11.9. The smallest absolute Gasteiger partial charge is 0.323 e. The molecular weight excluding hydrogens is 312 g/mol. The van der Waals surface area contributed by atoms with Crippen LogP contribution in [-0.2, 0) is 16.1 Å². The van der Waals surface area contributed by atoms with E-state index in [0.717, 1.165) is 38.9 Å². The van der Waals surface area contributed by atoms with Crippen LogP contribution in [0.3, 0.4) is 0 Å². The number of hydrogen-bond donors (Lipinski definition) is 1. The van der Waals surface area contributed by atoms with Crippen molar-refractivity contribution in [1.82, 2.24) is 9.80 Å². The summed E-state index contributed by atoms with van der Waals surface area (Å²) in [6.07, 6.45) is 3.52. The van der Waals surface area contributed by atoms with Gasteiger partial charge in [-0.15, -0.1) is 11.3 Å². The van der Waals surface area contributed by atoms with E-state index >= 15 is 0 Å². The van der Waals surface area contributed by atoms with Crippen molar-refractivity contribution in [2.75, 3.05) is 26.2 Å². The van der Waals surface area contributed by atoms with Crippen molar-refractivity contribution in [2.45, 2.75) is 39.2 Å². The Kier molecular flexibility index (Phi) is 4.73. The first kappa shape index (κ1) is 16.5. The molecule has 0 aliphatic carbocycles. The molecule has 6 heteroatoms.